The summed E-state index contributed by atoms with van der Waals surface area (Å²) in [4.78, 5) is 34.5. The SMILES string of the molecule is C/C=C(\c1cc(Cl)ccc1C(C/C=C\C/C=C\N)N1CCN(C(=O)OC2CCCCC2)CC1)C(NC(=O)COC)c1cncn1C.CC. The Kier molecular flexibility index (Phi) is 16.7. The minimum Gasteiger partial charge on any atom is -0.446 e. The number of imidazole rings is 1. The molecule has 264 valence electrons. The molecule has 2 fully saturated rings. The highest BCUT2D eigenvalue weighted by Crippen LogP contribution is 2.39. The lowest BCUT2D eigenvalue weighted by Gasteiger charge is -2.40. The number of carbonyl (C=O) groups is 2. The van der Waals surface area contributed by atoms with E-state index in [1.54, 1.807) is 18.7 Å². The largest absolute Gasteiger partial charge is 0.446 e. The van der Waals surface area contributed by atoms with Gasteiger partial charge in [0.15, 0.2) is 0 Å². The summed E-state index contributed by atoms with van der Waals surface area (Å²) in [6.45, 7) is 8.48. The van der Waals surface area contributed by atoms with Crippen LogP contribution in [0, 0.1) is 0 Å². The maximum absolute atomic E-state index is 13.0. The van der Waals surface area contributed by atoms with Gasteiger partial charge in [0.05, 0.1) is 24.3 Å². The summed E-state index contributed by atoms with van der Waals surface area (Å²) in [5.41, 5.74) is 9.33. The number of piperazine rings is 1. The first-order chi connectivity index (χ1) is 23.4. The van der Waals surface area contributed by atoms with Crippen LogP contribution in [0.5, 0.6) is 0 Å². The highest BCUT2D eigenvalue weighted by molar-refractivity contribution is 6.30. The van der Waals surface area contributed by atoms with Gasteiger partial charge in [-0.15, -0.1) is 0 Å². The molecule has 0 bridgehead atoms. The van der Waals surface area contributed by atoms with Gasteiger partial charge in [-0.25, -0.2) is 9.78 Å². The van der Waals surface area contributed by atoms with Crippen molar-refractivity contribution in [2.24, 2.45) is 12.8 Å². The van der Waals surface area contributed by atoms with Gasteiger partial charge in [-0.05, 0) is 80.5 Å². The summed E-state index contributed by atoms with van der Waals surface area (Å²) in [6.07, 6.45) is 20.0. The first-order valence-corrected chi connectivity index (χ1v) is 17.7. The van der Waals surface area contributed by atoms with Gasteiger partial charge >= 0.3 is 6.09 Å². The van der Waals surface area contributed by atoms with Crippen molar-refractivity contribution >= 4 is 29.2 Å². The second-order valence-corrected chi connectivity index (χ2v) is 12.3. The molecule has 1 aromatic heterocycles. The molecule has 10 nitrogen and oxygen atoms in total. The number of allylic oxidation sites excluding steroid dienone is 3. The highest BCUT2D eigenvalue weighted by atomic mass is 35.5. The summed E-state index contributed by atoms with van der Waals surface area (Å²) in [6, 6.07) is 5.47. The quantitative estimate of drug-likeness (QED) is 0.220. The van der Waals surface area contributed by atoms with Crippen LogP contribution in [-0.2, 0) is 21.3 Å². The van der Waals surface area contributed by atoms with E-state index in [-0.39, 0.29) is 30.8 Å². The second kappa shape index (κ2) is 20.7. The summed E-state index contributed by atoms with van der Waals surface area (Å²) >= 11 is 6.66. The van der Waals surface area contributed by atoms with Gasteiger partial charge < -0.3 is 30.0 Å². The van der Waals surface area contributed by atoms with Gasteiger partial charge in [0.2, 0.25) is 5.91 Å². The molecule has 4 rings (SSSR count). The number of nitrogens with zero attached hydrogens (tertiary/aromatic N) is 4. The summed E-state index contributed by atoms with van der Waals surface area (Å²) in [5, 5.41) is 3.75. The lowest BCUT2D eigenvalue weighted by atomic mass is 9.87. The number of methoxy groups -OCH3 is 1. The predicted molar refractivity (Wildman–Crippen MR) is 193 cm³/mol. The standard InChI is InChI=1S/C35H49ClN6O4.C2H6/c1-4-28(34(39-33(43)24-45-3)32-23-38-25-40(32)2)30-22-26(36)15-16-29(30)31(14-10-5-6-11-17-37)41-18-20-42(21-19-41)35(44)46-27-12-8-7-9-13-27;1-2/h4-5,10-11,15-17,22-23,25,27,31,34H,6-9,12-14,18-21,24,37H2,1-3H3,(H,39,43);1-2H3/b10-5-,17-11-,28-4+;. The zero-order valence-electron chi connectivity index (χ0n) is 29.4. The first kappa shape index (κ1) is 38.8. The average Bonchev–Trinajstić information content (AvgIpc) is 3.53. The van der Waals surface area contributed by atoms with Crippen LogP contribution >= 0.6 is 11.6 Å². The molecule has 1 aliphatic carbocycles. The number of aromatic nitrogens is 2. The molecule has 0 radical (unpaired) electrons. The predicted octanol–water partition coefficient (Wildman–Crippen LogP) is 6.94. The van der Waals surface area contributed by atoms with Gasteiger partial charge in [-0.1, -0.05) is 62.2 Å². The van der Waals surface area contributed by atoms with Gasteiger partial charge in [0.25, 0.3) is 0 Å². The number of aryl methyl sites for hydroxylation is 1. The molecule has 2 atom stereocenters. The molecule has 1 saturated carbocycles. The van der Waals surface area contributed by atoms with E-state index in [0.717, 1.165) is 60.9 Å². The van der Waals surface area contributed by atoms with E-state index in [2.05, 4.69) is 33.4 Å². The van der Waals surface area contributed by atoms with E-state index >= 15 is 0 Å². The monoisotopic (exact) mass is 682 g/mol. The van der Waals surface area contributed by atoms with Crippen LogP contribution in [-0.4, -0.2) is 77.4 Å². The van der Waals surface area contributed by atoms with Crippen LogP contribution in [0.1, 0.15) is 94.6 Å². The van der Waals surface area contributed by atoms with Crippen molar-refractivity contribution < 1.29 is 19.1 Å². The molecule has 11 heteroatoms. The maximum atomic E-state index is 13.0. The number of benzene rings is 1. The number of ether oxygens (including phenoxy) is 2. The van der Waals surface area contributed by atoms with Gasteiger partial charge in [-0.2, -0.15) is 0 Å². The van der Waals surface area contributed by atoms with Crippen molar-refractivity contribution in [3.05, 3.63) is 83.1 Å². The van der Waals surface area contributed by atoms with Crippen molar-refractivity contribution in [1.82, 2.24) is 24.7 Å². The number of hydrogen-bond donors (Lipinski definition) is 2. The number of hydrogen-bond acceptors (Lipinski definition) is 7. The molecule has 2 aliphatic rings. The molecule has 2 unspecified atom stereocenters. The smallest absolute Gasteiger partial charge is 0.410 e. The molecule has 2 amide bonds. The van der Waals surface area contributed by atoms with Crippen LogP contribution in [0.2, 0.25) is 5.02 Å². The molecule has 3 N–H and O–H groups in total. The lowest BCUT2D eigenvalue weighted by Crippen LogP contribution is -2.50. The number of rotatable bonds is 13. The molecular formula is C37H55ClN6O4. The van der Waals surface area contributed by atoms with Crippen molar-refractivity contribution in [3.8, 4) is 0 Å². The molecule has 1 saturated heterocycles. The van der Waals surface area contributed by atoms with Gasteiger partial charge in [0.1, 0.15) is 12.7 Å². The Balaban J connectivity index is 0.00000307. The fourth-order valence-corrected chi connectivity index (χ4v) is 6.58. The molecule has 1 aliphatic heterocycles. The van der Waals surface area contributed by atoms with Crippen LogP contribution in [0.15, 0.2) is 61.2 Å². The van der Waals surface area contributed by atoms with Crippen molar-refractivity contribution in [2.75, 3.05) is 39.9 Å². The Bertz CT molecular complexity index is 1380. The first-order valence-electron chi connectivity index (χ1n) is 17.3. The molecular weight excluding hydrogens is 628 g/mol. The summed E-state index contributed by atoms with van der Waals surface area (Å²) < 4.78 is 12.9. The number of amides is 2. The Morgan fingerprint density at radius 2 is 1.83 bits per heavy atom. The normalized spacial score (nSPS) is 17.6. The third-order valence-electron chi connectivity index (χ3n) is 8.80. The third kappa shape index (κ3) is 11.0. The van der Waals surface area contributed by atoms with E-state index in [4.69, 9.17) is 26.8 Å². The van der Waals surface area contributed by atoms with Crippen molar-refractivity contribution in [3.63, 3.8) is 0 Å². The minimum atomic E-state index is -0.491. The molecule has 48 heavy (non-hydrogen) atoms. The zero-order valence-corrected chi connectivity index (χ0v) is 30.1. The fraction of sp³-hybridized carbons (Fsp3) is 0.541. The van der Waals surface area contributed by atoms with Crippen molar-refractivity contribution in [1.29, 1.82) is 0 Å². The Hall–Kier alpha value is -3.60. The van der Waals surface area contributed by atoms with Crippen LogP contribution < -0.4 is 11.1 Å². The van der Waals surface area contributed by atoms with Crippen LogP contribution in [0.4, 0.5) is 4.79 Å². The average molecular weight is 683 g/mol. The van der Waals surface area contributed by atoms with E-state index in [9.17, 15) is 9.59 Å². The topological polar surface area (TPSA) is 115 Å². The Morgan fingerprint density at radius 1 is 1.10 bits per heavy atom. The number of carbonyl (C=O) groups excluding carboxylic acids is 2. The Morgan fingerprint density at radius 3 is 2.46 bits per heavy atom. The summed E-state index contributed by atoms with van der Waals surface area (Å²) in [7, 11) is 3.41. The highest BCUT2D eigenvalue weighted by Gasteiger charge is 2.32. The van der Waals surface area contributed by atoms with E-state index < -0.39 is 6.04 Å². The van der Waals surface area contributed by atoms with Gasteiger partial charge in [0, 0.05) is 51.4 Å². The molecule has 0 spiro atoms. The maximum Gasteiger partial charge on any atom is 0.410 e. The van der Waals surface area contributed by atoms with E-state index in [0.29, 0.717) is 31.2 Å². The van der Waals surface area contributed by atoms with E-state index in [1.807, 2.05) is 61.6 Å². The van der Waals surface area contributed by atoms with E-state index in [1.165, 1.54) is 13.5 Å². The zero-order chi connectivity index (χ0) is 34.9. The van der Waals surface area contributed by atoms with Gasteiger partial charge in [-0.3, -0.25) is 9.69 Å². The lowest BCUT2D eigenvalue weighted by molar-refractivity contribution is -0.125. The fourth-order valence-electron chi connectivity index (χ4n) is 6.40. The number of nitrogens with one attached hydrogen (secondary N) is 1. The molecule has 1 aromatic carbocycles. The number of nitrogens with two attached hydrogens (primary N) is 1. The minimum absolute atomic E-state index is 0.0151. The van der Waals surface area contributed by atoms with Crippen molar-refractivity contribution in [2.45, 2.75) is 83.9 Å². The molecule has 2 heterocycles. The number of halogens is 1. The molecule has 2 aromatic rings. The van der Waals surface area contributed by atoms with Crippen LogP contribution in [0.25, 0.3) is 5.57 Å². The second-order valence-electron chi connectivity index (χ2n) is 11.9. The summed E-state index contributed by atoms with van der Waals surface area (Å²) in [5.74, 6) is -0.236. The Labute approximate surface area is 292 Å². The third-order valence-corrected chi connectivity index (χ3v) is 9.04. The van der Waals surface area contributed by atoms with Crippen LogP contribution in [0.3, 0.4) is 0 Å².